The first-order chi connectivity index (χ1) is 16.9. The van der Waals surface area contributed by atoms with Gasteiger partial charge in [-0.1, -0.05) is 35.9 Å². The van der Waals surface area contributed by atoms with Gasteiger partial charge in [0.15, 0.2) is 0 Å². The van der Waals surface area contributed by atoms with Gasteiger partial charge in [0.05, 0.1) is 4.90 Å². The van der Waals surface area contributed by atoms with Gasteiger partial charge in [-0.05, 0) is 79.6 Å². The van der Waals surface area contributed by atoms with Gasteiger partial charge in [-0.25, -0.2) is 8.42 Å². The Morgan fingerprint density at radius 1 is 0.943 bits per heavy atom. The molecule has 35 heavy (non-hydrogen) atoms. The van der Waals surface area contributed by atoms with E-state index in [1.807, 2.05) is 43.3 Å². The van der Waals surface area contributed by atoms with Crippen LogP contribution in [-0.2, 0) is 36.0 Å². The zero-order valence-corrected chi connectivity index (χ0v) is 20.7. The van der Waals surface area contributed by atoms with Gasteiger partial charge in [-0.3, -0.25) is 4.79 Å². The van der Waals surface area contributed by atoms with E-state index >= 15 is 0 Å². The molecule has 0 bridgehead atoms. The summed E-state index contributed by atoms with van der Waals surface area (Å²) >= 11 is 0. The Kier molecular flexibility index (Phi) is 6.62. The Labute approximate surface area is 207 Å². The summed E-state index contributed by atoms with van der Waals surface area (Å²) in [7, 11) is -3.69. The molecule has 1 heterocycles. The molecule has 0 radical (unpaired) electrons. The maximum Gasteiger partial charge on any atom is 0.251 e. The number of carbonyl (C=O) groups is 1. The minimum Gasteiger partial charge on any atom is -0.492 e. The number of nitrogens with one attached hydrogen (secondary N) is 1. The average molecular weight is 491 g/mol. The third-order valence-corrected chi connectivity index (χ3v) is 8.64. The molecular weight excluding hydrogens is 460 g/mol. The summed E-state index contributed by atoms with van der Waals surface area (Å²) < 4.78 is 34.4. The number of carbonyl (C=O) groups excluding carboxylic acids is 1. The van der Waals surface area contributed by atoms with Gasteiger partial charge in [0.1, 0.15) is 12.4 Å². The molecule has 1 aliphatic heterocycles. The summed E-state index contributed by atoms with van der Waals surface area (Å²) in [6.07, 6.45) is 4.18. The van der Waals surface area contributed by atoms with Crippen LogP contribution in [0.15, 0.2) is 65.6 Å². The molecule has 0 aromatic heterocycles. The van der Waals surface area contributed by atoms with Crippen molar-refractivity contribution in [1.82, 2.24) is 9.62 Å². The Hall–Kier alpha value is -3.16. The molecule has 2 aliphatic rings. The van der Waals surface area contributed by atoms with E-state index in [1.54, 1.807) is 24.3 Å². The summed E-state index contributed by atoms with van der Waals surface area (Å²) in [5.41, 5.74) is 5.74. The van der Waals surface area contributed by atoms with Gasteiger partial charge in [0.25, 0.3) is 5.91 Å². The van der Waals surface area contributed by atoms with Crippen molar-refractivity contribution in [3.8, 4) is 5.75 Å². The van der Waals surface area contributed by atoms with Crippen molar-refractivity contribution in [1.29, 1.82) is 0 Å². The van der Waals surface area contributed by atoms with Gasteiger partial charge in [-0.15, -0.1) is 0 Å². The van der Waals surface area contributed by atoms with Gasteiger partial charge >= 0.3 is 0 Å². The lowest BCUT2D eigenvalue weighted by Crippen LogP contribution is -2.32. The van der Waals surface area contributed by atoms with Crippen LogP contribution < -0.4 is 10.1 Å². The second-order valence-electron chi connectivity index (χ2n) is 9.32. The second-order valence-corrected chi connectivity index (χ2v) is 11.3. The van der Waals surface area contributed by atoms with Crippen LogP contribution in [0.4, 0.5) is 0 Å². The van der Waals surface area contributed by atoms with Crippen LogP contribution in [0, 0.1) is 6.92 Å². The first kappa shape index (κ1) is 23.6. The quantitative estimate of drug-likeness (QED) is 0.576. The van der Waals surface area contributed by atoms with Gasteiger partial charge in [0.2, 0.25) is 10.0 Å². The predicted molar refractivity (Wildman–Crippen MR) is 135 cm³/mol. The highest BCUT2D eigenvalue weighted by atomic mass is 32.2. The molecule has 0 fully saturated rings. The number of rotatable bonds is 5. The third kappa shape index (κ3) is 5.11. The van der Waals surface area contributed by atoms with E-state index in [0.29, 0.717) is 28.3 Å². The monoisotopic (exact) mass is 490 g/mol. The molecule has 0 atom stereocenters. The Morgan fingerprint density at radius 3 is 2.51 bits per heavy atom. The lowest BCUT2D eigenvalue weighted by Gasteiger charge is -2.22. The van der Waals surface area contributed by atoms with E-state index in [-0.39, 0.29) is 25.6 Å². The van der Waals surface area contributed by atoms with E-state index in [2.05, 4.69) is 5.32 Å². The molecule has 0 saturated carbocycles. The minimum atomic E-state index is -3.69. The molecule has 7 heteroatoms. The largest absolute Gasteiger partial charge is 0.492 e. The first-order valence-electron chi connectivity index (χ1n) is 12.1. The average Bonchev–Trinajstić information content (AvgIpc) is 3.10. The predicted octanol–water partition coefficient (Wildman–Crippen LogP) is 4.39. The summed E-state index contributed by atoms with van der Waals surface area (Å²) in [5, 5.41) is 2.94. The van der Waals surface area contributed by atoms with E-state index in [0.717, 1.165) is 36.8 Å². The highest BCUT2D eigenvalue weighted by Gasteiger charge is 2.29. The summed E-state index contributed by atoms with van der Waals surface area (Å²) in [5.74, 6) is 0.407. The molecule has 1 aliphatic carbocycles. The van der Waals surface area contributed by atoms with Crippen LogP contribution in [0.25, 0.3) is 0 Å². The van der Waals surface area contributed by atoms with Crippen LogP contribution in [0.3, 0.4) is 0 Å². The number of hydrogen-bond donors (Lipinski definition) is 1. The lowest BCUT2D eigenvalue weighted by molar-refractivity contribution is 0.0950. The molecule has 1 N–H and O–H groups in total. The molecule has 3 aromatic rings. The van der Waals surface area contributed by atoms with Crippen molar-refractivity contribution in [3.05, 3.63) is 94.0 Å². The number of ether oxygens (including phenoxy) is 1. The van der Waals surface area contributed by atoms with Crippen LogP contribution in [-0.4, -0.2) is 31.8 Å². The standard InChI is InChI=1S/C28H30N2O4S/c1-20-6-8-21(9-7-20)18-29-28(31)24-11-13-27-25(16-24)19-30(14-15-34-27)35(32,33)26-12-10-22-4-2-3-5-23(22)17-26/h6-13,16-17H,2-5,14-15,18-19H2,1H3,(H,29,31). The zero-order chi connectivity index (χ0) is 24.4. The fourth-order valence-corrected chi connectivity index (χ4v) is 6.18. The van der Waals surface area contributed by atoms with Crippen LogP contribution >= 0.6 is 0 Å². The molecule has 0 spiro atoms. The lowest BCUT2D eigenvalue weighted by atomic mass is 9.92. The molecule has 1 amide bonds. The van der Waals surface area contributed by atoms with Crippen molar-refractivity contribution in [2.24, 2.45) is 0 Å². The van der Waals surface area contributed by atoms with E-state index in [4.69, 9.17) is 4.74 Å². The fourth-order valence-electron chi connectivity index (χ4n) is 4.73. The zero-order valence-electron chi connectivity index (χ0n) is 19.9. The topological polar surface area (TPSA) is 75.7 Å². The molecule has 182 valence electrons. The molecule has 6 nitrogen and oxygen atoms in total. The number of nitrogens with zero attached hydrogens (tertiary/aromatic N) is 1. The first-order valence-corrected chi connectivity index (χ1v) is 13.6. The van der Waals surface area contributed by atoms with Crippen molar-refractivity contribution in [2.45, 2.75) is 50.6 Å². The third-order valence-electron chi connectivity index (χ3n) is 6.80. The summed E-state index contributed by atoms with van der Waals surface area (Å²) in [4.78, 5) is 13.1. The maximum absolute atomic E-state index is 13.5. The molecule has 0 unspecified atom stereocenters. The van der Waals surface area contributed by atoms with E-state index in [1.165, 1.54) is 15.4 Å². The van der Waals surface area contributed by atoms with Gasteiger partial charge < -0.3 is 10.1 Å². The van der Waals surface area contributed by atoms with Crippen LogP contribution in [0.2, 0.25) is 0 Å². The molecular formula is C28H30N2O4S. The van der Waals surface area contributed by atoms with Crippen LogP contribution in [0.1, 0.15) is 51.0 Å². The number of fused-ring (bicyclic) bond motifs is 2. The van der Waals surface area contributed by atoms with Crippen LogP contribution in [0.5, 0.6) is 5.75 Å². The minimum absolute atomic E-state index is 0.161. The normalized spacial score (nSPS) is 15.9. The SMILES string of the molecule is Cc1ccc(CNC(=O)c2ccc3c(c2)CN(S(=O)(=O)c2ccc4c(c2)CCCC4)CCO3)cc1. The van der Waals surface area contributed by atoms with Crippen molar-refractivity contribution in [3.63, 3.8) is 0 Å². The number of sulfonamides is 1. The Morgan fingerprint density at radius 2 is 1.71 bits per heavy atom. The smallest absolute Gasteiger partial charge is 0.251 e. The second kappa shape index (κ2) is 9.84. The van der Waals surface area contributed by atoms with Crippen molar-refractivity contribution < 1.29 is 17.9 Å². The summed E-state index contributed by atoms with van der Waals surface area (Å²) in [6, 6.07) is 18.7. The molecule has 0 saturated heterocycles. The maximum atomic E-state index is 13.5. The Balaban J connectivity index is 1.34. The Bertz CT molecular complexity index is 1350. The highest BCUT2D eigenvalue weighted by Crippen LogP contribution is 2.30. The fraction of sp³-hybridized carbons (Fsp3) is 0.321. The van der Waals surface area contributed by atoms with Crippen molar-refractivity contribution >= 4 is 15.9 Å². The van der Waals surface area contributed by atoms with Crippen molar-refractivity contribution in [2.75, 3.05) is 13.2 Å². The highest BCUT2D eigenvalue weighted by molar-refractivity contribution is 7.89. The number of amides is 1. The molecule has 5 rings (SSSR count). The van der Waals surface area contributed by atoms with E-state index in [9.17, 15) is 13.2 Å². The van der Waals surface area contributed by atoms with Gasteiger partial charge in [0, 0.05) is 30.8 Å². The number of aryl methyl sites for hydroxylation is 3. The summed E-state index contributed by atoms with van der Waals surface area (Å²) in [6.45, 7) is 3.12. The van der Waals surface area contributed by atoms with E-state index < -0.39 is 10.0 Å². The number of benzene rings is 3. The van der Waals surface area contributed by atoms with Gasteiger partial charge in [-0.2, -0.15) is 4.31 Å². The molecule has 3 aromatic carbocycles. The number of hydrogen-bond acceptors (Lipinski definition) is 4.